The minimum Gasteiger partial charge on any atom is -0.472 e. The fraction of sp³-hybridized carbons (Fsp3) is 0.0833. The third-order valence-electron chi connectivity index (χ3n) is 2.24. The number of nitrogens with zero attached hydrogens (tertiary/aromatic N) is 2. The van der Waals surface area contributed by atoms with E-state index in [1.165, 1.54) is 12.4 Å². The number of halogens is 1. The third kappa shape index (κ3) is 2.95. The summed E-state index contributed by atoms with van der Waals surface area (Å²) in [6, 6.07) is 7.41. The van der Waals surface area contributed by atoms with Gasteiger partial charge in [-0.25, -0.2) is 9.97 Å². The number of nitrogens with two attached hydrogens (primary N) is 1. The Morgan fingerprint density at radius 1 is 1.28 bits per heavy atom. The van der Waals surface area contributed by atoms with E-state index in [9.17, 15) is 0 Å². The van der Waals surface area contributed by atoms with Crippen molar-refractivity contribution in [3.63, 3.8) is 0 Å². The van der Waals surface area contributed by atoms with Crippen LogP contribution in [0.5, 0.6) is 5.88 Å². The molecule has 2 aromatic rings. The van der Waals surface area contributed by atoms with Gasteiger partial charge in [0.25, 0.3) is 0 Å². The van der Waals surface area contributed by atoms with Crippen LogP contribution >= 0.6 is 11.6 Å². The lowest BCUT2D eigenvalue weighted by Crippen LogP contribution is -2.13. The first-order valence-corrected chi connectivity index (χ1v) is 5.57. The van der Waals surface area contributed by atoms with E-state index in [4.69, 9.17) is 27.5 Å². The van der Waals surface area contributed by atoms with Gasteiger partial charge in [0, 0.05) is 10.6 Å². The molecule has 6 heteroatoms. The van der Waals surface area contributed by atoms with Crippen molar-refractivity contribution in [1.29, 1.82) is 5.41 Å². The molecule has 0 aliphatic rings. The van der Waals surface area contributed by atoms with Gasteiger partial charge in [-0.05, 0) is 6.07 Å². The molecule has 0 saturated heterocycles. The topological polar surface area (TPSA) is 84.9 Å². The normalized spacial score (nSPS) is 10.1. The standard InChI is InChI=1S/C12H11ClN4O/c13-9-4-2-1-3-8(9)7-18-11-6-16-10(5-17-11)12(14)15/h1-6H,7H2,(H3,14,15). The van der Waals surface area contributed by atoms with Crippen LogP contribution in [-0.4, -0.2) is 15.8 Å². The lowest BCUT2D eigenvalue weighted by atomic mass is 10.2. The first kappa shape index (κ1) is 12.3. The average Bonchev–Trinajstić information content (AvgIpc) is 2.38. The first-order valence-electron chi connectivity index (χ1n) is 5.19. The molecule has 0 atom stereocenters. The molecule has 18 heavy (non-hydrogen) atoms. The van der Waals surface area contributed by atoms with Crippen molar-refractivity contribution >= 4 is 17.4 Å². The second-order valence-electron chi connectivity index (χ2n) is 3.53. The molecule has 0 amide bonds. The molecule has 0 spiro atoms. The minimum atomic E-state index is -0.125. The van der Waals surface area contributed by atoms with Crippen molar-refractivity contribution in [2.45, 2.75) is 6.61 Å². The Labute approximate surface area is 109 Å². The predicted octanol–water partition coefficient (Wildman–Crippen LogP) is 1.99. The monoisotopic (exact) mass is 262 g/mol. The van der Waals surface area contributed by atoms with Crippen molar-refractivity contribution in [3.05, 3.63) is 52.9 Å². The summed E-state index contributed by atoms with van der Waals surface area (Å²) < 4.78 is 5.44. The number of hydrogen-bond acceptors (Lipinski definition) is 4. The summed E-state index contributed by atoms with van der Waals surface area (Å²) >= 11 is 6.00. The highest BCUT2D eigenvalue weighted by Gasteiger charge is 2.03. The molecule has 0 fully saturated rings. The van der Waals surface area contributed by atoms with Crippen LogP contribution in [0, 0.1) is 5.41 Å². The number of aromatic nitrogens is 2. The van der Waals surface area contributed by atoms with Crippen molar-refractivity contribution in [3.8, 4) is 5.88 Å². The molecule has 3 N–H and O–H groups in total. The summed E-state index contributed by atoms with van der Waals surface area (Å²) in [5.41, 5.74) is 6.46. The molecule has 2 rings (SSSR count). The summed E-state index contributed by atoms with van der Waals surface area (Å²) in [5.74, 6) is 0.236. The van der Waals surface area contributed by atoms with Gasteiger partial charge in [-0.15, -0.1) is 0 Å². The van der Waals surface area contributed by atoms with Gasteiger partial charge in [-0.2, -0.15) is 0 Å². The van der Waals surface area contributed by atoms with Gasteiger partial charge in [0.2, 0.25) is 5.88 Å². The predicted molar refractivity (Wildman–Crippen MR) is 68.8 cm³/mol. The van der Waals surface area contributed by atoms with Crippen molar-refractivity contribution < 1.29 is 4.74 Å². The van der Waals surface area contributed by atoms with Crippen molar-refractivity contribution in [2.24, 2.45) is 5.73 Å². The first-order chi connectivity index (χ1) is 8.66. The molecular weight excluding hydrogens is 252 g/mol. The molecule has 0 aliphatic carbocycles. The molecular formula is C12H11ClN4O. The molecule has 0 bridgehead atoms. The molecule has 5 nitrogen and oxygen atoms in total. The van der Waals surface area contributed by atoms with Crippen LogP contribution in [0.1, 0.15) is 11.3 Å². The molecule has 92 valence electrons. The lowest BCUT2D eigenvalue weighted by molar-refractivity contribution is 0.292. The van der Waals surface area contributed by atoms with E-state index in [1.54, 1.807) is 6.07 Å². The van der Waals surface area contributed by atoms with Crippen LogP contribution in [0.15, 0.2) is 36.7 Å². The quantitative estimate of drug-likeness (QED) is 0.652. The van der Waals surface area contributed by atoms with E-state index in [1.807, 2.05) is 18.2 Å². The largest absolute Gasteiger partial charge is 0.472 e. The Balaban J connectivity index is 2.02. The van der Waals surface area contributed by atoms with Crippen molar-refractivity contribution in [1.82, 2.24) is 9.97 Å². The maximum Gasteiger partial charge on any atom is 0.232 e. The molecule has 1 aromatic heterocycles. The SMILES string of the molecule is N=C(N)c1cnc(OCc2ccccc2Cl)cn1. The van der Waals surface area contributed by atoms with Gasteiger partial charge in [0.1, 0.15) is 18.1 Å². The van der Waals surface area contributed by atoms with Crippen LogP contribution in [0.25, 0.3) is 0 Å². The summed E-state index contributed by atoms with van der Waals surface area (Å²) in [7, 11) is 0. The summed E-state index contributed by atoms with van der Waals surface area (Å²) in [4.78, 5) is 7.94. The number of nitrogen functional groups attached to an aromatic ring is 1. The summed E-state index contributed by atoms with van der Waals surface area (Å²) in [6.45, 7) is 0.313. The van der Waals surface area contributed by atoms with E-state index in [2.05, 4.69) is 9.97 Å². The number of hydrogen-bond donors (Lipinski definition) is 2. The van der Waals surface area contributed by atoms with Crippen LogP contribution in [-0.2, 0) is 6.61 Å². The van der Waals surface area contributed by atoms with Crippen LogP contribution in [0.2, 0.25) is 5.02 Å². The van der Waals surface area contributed by atoms with Gasteiger partial charge in [0.05, 0.1) is 12.4 Å². The molecule has 0 saturated carbocycles. The smallest absolute Gasteiger partial charge is 0.232 e. The molecule has 1 aromatic carbocycles. The molecule has 0 aliphatic heterocycles. The van der Waals surface area contributed by atoms with Gasteiger partial charge in [0.15, 0.2) is 0 Å². The Bertz CT molecular complexity index is 556. The maximum atomic E-state index is 7.19. The van der Waals surface area contributed by atoms with Gasteiger partial charge in [-0.1, -0.05) is 29.8 Å². The highest BCUT2D eigenvalue weighted by molar-refractivity contribution is 6.31. The zero-order chi connectivity index (χ0) is 13.0. The number of amidine groups is 1. The van der Waals surface area contributed by atoms with Gasteiger partial charge >= 0.3 is 0 Å². The Hall–Kier alpha value is -2.14. The number of rotatable bonds is 4. The van der Waals surface area contributed by atoms with Crippen LogP contribution in [0.4, 0.5) is 0 Å². The average molecular weight is 263 g/mol. The molecule has 0 unspecified atom stereocenters. The zero-order valence-electron chi connectivity index (χ0n) is 9.43. The molecule has 1 heterocycles. The minimum absolute atomic E-state index is 0.125. The second-order valence-corrected chi connectivity index (χ2v) is 3.94. The Morgan fingerprint density at radius 3 is 2.67 bits per heavy atom. The van der Waals surface area contributed by atoms with Crippen LogP contribution < -0.4 is 10.5 Å². The highest BCUT2D eigenvalue weighted by atomic mass is 35.5. The molecule has 0 radical (unpaired) electrons. The van der Waals surface area contributed by atoms with E-state index in [-0.39, 0.29) is 5.84 Å². The van der Waals surface area contributed by atoms with E-state index >= 15 is 0 Å². The maximum absolute atomic E-state index is 7.19. The lowest BCUT2D eigenvalue weighted by Gasteiger charge is -2.06. The summed E-state index contributed by atoms with van der Waals surface area (Å²) in [6.07, 6.45) is 2.82. The summed E-state index contributed by atoms with van der Waals surface area (Å²) in [5, 5.41) is 7.83. The van der Waals surface area contributed by atoms with Crippen LogP contribution in [0.3, 0.4) is 0 Å². The number of benzene rings is 1. The second kappa shape index (κ2) is 5.46. The van der Waals surface area contributed by atoms with Gasteiger partial charge < -0.3 is 10.5 Å². The zero-order valence-corrected chi connectivity index (χ0v) is 10.2. The van der Waals surface area contributed by atoms with E-state index in [0.29, 0.717) is 23.2 Å². The van der Waals surface area contributed by atoms with Crippen molar-refractivity contribution in [2.75, 3.05) is 0 Å². The number of nitrogens with one attached hydrogen (secondary N) is 1. The number of ether oxygens (including phenoxy) is 1. The fourth-order valence-electron chi connectivity index (χ4n) is 1.30. The Morgan fingerprint density at radius 2 is 2.06 bits per heavy atom. The third-order valence-corrected chi connectivity index (χ3v) is 2.61. The fourth-order valence-corrected chi connectivity index (χ4v) is 1.49. The highest BCUT2D eigenvalue weighted by Crippen LogP contribution is 2.16. The Kier molecular flexibility index (Phi) is 3.74. The van der Waals surface area contributed by atoms with E-state index in [0.717, 1.165) is 5.56 Å². The van der Waals surface area contributed by atoms with E-state index < -0.39 is 0 Å². The van der Waals surface area contributed by atoms with Gasteiger partial charge in [-0.3, -0.25) is 5.41 Å².